The summed E-state index contributed by atoms with van der Waals surface area (Å²) in [6.07, 6.45) is 1.53. The zero-order chi connectivity index (χ0) is 19.7. The highest BCUT2D eigenvalue weighted by molar-refractivity contribution is 7.13. The number of hydrogen-bond donors (Lipinski definition) is 0. The van der Waals surface area contributed by atoms with Gasteiger partial charge in [-0.3, -0.25) is 9.36 Å². The maximum absolute atomic E-state index is 12.7. The van der Waals surface area contributed by atoms with Crippen molar-refractivity contribution >= 4 is 33.8 Å². The summed E-state index contributed by atoms with van der Waals surface area (Å²) in [5.74, 6) is 1.27. The summed E-state index contributed by atoms with van der Waals surface area (Å²) in [4.78, 5) is 21.8. The van der Waals surface area contributed by atoms with Crippen LogP contribution < -0.4 is 15.0 Å². The minimum Gasteiger partial charge on any atom is -0.493 e. The summed E-state index contributed by atoms with van der Waals surface area (Å²) in [5.41, 5.74) is 2.07. The monoisotopic (exact) mass is 413 g/mol. The molecule has 0 radical (unpaired) electrons. The number of aromatic nitrogens is 3. The van der Waals surface area contributed by atoms with Gasteiger partial charge in [0.05, 0.1) is 49.3 Å². The molecule has 0 saturated carbocycles. The van der Waals surface area contributed by atoms with Crippen molar-refractivity contribution in [1.29, 1.82) is 0 Å². The molecule has 2 aromatic carbocycles. The number of thiazole rings is 1. The van der Waals surface area contributed by atoms with Crippen molar-refractivity contribution < 1.29 is 9.47 Å². The highest BCUT2D eigenvalue weighted by Gasteiger charge is 2.15. The van der Waals surface area contributed by atoms with E-state index in [0.29, 0.717) is 34.0 Å². The van der Waals surface area contributed by atoms with Gasteiger partial charge in [0.1, 0.15) is 5.01 Å². The van der Waals surface area contributed by atoms with Gasteiger partial charge in [-0.2, -0.15) is 0 Å². The van der Waals surface area contributed by atoms with Gasteiger partial charge in [0.25, 0.3) is 5.56 Å². The lowest BCUT2D eigenvalue weighted by molar-refractivity contribution is 0.356. The van der Waals surface area contributed by atoms with E-state index in [1.807, 2.05) is 23.6 Å². The summed E-state index contributed by atoms with van der Waals surface area (Å²) in [5, 5.41) is 3.70. The number of para-hydroxylation sites is 1. The van der Waals surface area contributed by atoms with Crippen LogP contribution in [0.2, 0.25) is 5.02 Å². The molecule has 2 heterocycles. The zero-order valence-electron chi connectivity index (χ0n) is 15.2. The Morgan fingerprint density at radius 2 is 2.04 bits per heavy atom. The quantitative estimate of drug-likeness (QED) is 0.489. The van der Waals surface area contributed by atoms with E-state index in [1.165, 1.54) is 22.2 Å². The smallest absolute Gasteiger partial charge is 0.261 e. The topological polar surface area (TPSA) is 66.2 Å². The van der Waals surface area contributed by atoms with E-state index in [2.05, 4.69) is 9.97 Å². The van der Waals surface area contributed by atoms with Crippen molar-refractivity contribution in [1.82, 2.24) is 14.5 Å². The molecule has 142 valence electrons. The molecule has 0 fully saturated rings. The number of benzene rings is 2. The molecule has 4 aromatic rings. The summed E-state index contributed by atoms with van der Waals surface area (Å²) in [6, 6.07) is 10.7. The number of fused-ring (bicyclic) bond motifs is 1. The van der Waals surface area contributed by atoms with E-state index in [1.54, 1.807) is 32.4 Å². The lowest BCUT2D eigenvalue weighted by Gasteiger charge is -2.10. The molecule has 0 saturated heterocycles. The number of methoxy groups -OCH3 is 2. The first-order valence-corrected chi connectivity index (χ1v) is 9.67. The van der Waals surface area contributed by atoms with Gasteiger partial charge in [0.2, 0.25) is 0 Å². The fourth-order valence-corrected chi connectivity index (χ4v) is 3.98. The predicted octanol–water partition coefficient (Wildman–Crippen LogP) is 4.24. The Labute approximate surface area is 170 Å². The van der Waals surface area contributed by atoms with Gasteiger partial charge in [-0.05, 0) is 30.3 Å². The Hall–Kier alpha value is -2.90. The molecule has 0 atom stereocenters. The standard InChI is InChI=1S/C20H16ClN3O3S/c1-26-17-5-3-4-14(18(17)27-2)19-23-13(10-28-19)9-24-11-22-16-7-6-12(21)8-15(16)20(24)25/h3-8,10-11H,9H2,1-2H3. The van der Waals surface area contributed by atoms with Crippen LogP contribution in [0.25, 0.3) is 21.5 Å². The third-order valence-corrected chi connectivity index (χ3v) is 5.46. The van der Waals surface area contributed by atoms with E-state index in [0.717, 1.165) is 16.3 Å². The van der Waals surface area contributed by atoms with E-state index in [4.69, 9.17) is 21.1 Å². The molecule has 6 nitrogen and oxygen atoms in total. The number of rotatable bonds is 5. The molecule has 0 amide bonds. The molecular weight excluding hydrogens is 398 g/mol. The Balaban J connectivity index is 1.69. The predicted molar refractivity (Wildman–Crippen MR) is 111 cm³/mol. The zero-order valence-corrected chi connectivity index (χ0v) is 16.8. The van der Waals surface area contributed by atoms with Crippen LogP contribution in [0.15, 0.2) is 52.9 Å². The number of nitrogens with zero attached hydrogens (tertiary/aromatic N) is 3. The number of ether oxygens (including phenoxy) is 2. The average molecular weight is 414 g/mol. The van der Waals surface area contributed by atoms with Gasteiger partial charge in [0.15, 0.2) is 11.5 Å². The molecule has 0 aliphatic heterocycles. The maximum atomic E-state index is 12.7. The Morgan fingerprint density at radius 3 is 2.82 bits per heavy atom. The first-order chi connectivity index (χ1) is 13.6. The van der Waals surface area contributed by atoms with Crippen LogP contribution in [0.5, 0.6) is 11.5 Å². The molecule has 0 bridgehead atoms. The summed E-state index contributed by atoms with van der Waals surface area (Å²) in [7, 11) is 3.20. The van der Waals surface area contributed by atoms with Crippen molar-refractivity contribution in [2.24, 2.45) is 0 Å². The SMILES string of the molecule is COc1cccc(-c2nc(Cn3cnc4ccc(Cl)cc4c3=O)cs2)c1OC. The first kappa shape index (κ1) is 18.5. The van der Waals surface area contributed by atoms with Crippen molar-refractivity contribution in [3.63, 3.8) is 0 Å². The minimum atomic E-state index is -0.152. The largest absolute Gasteiger partial charge is 0.493 e. The van der Waals surface area contributed by atoms with E-state index in [9.17, 15) is 4.79 Å². The van der Waals surface area contributed by atoms with Crippen molar-refractivity contribution in [3.8, 4) is 22.1 Å². The van der Waals surface area contributed by atoms with Crippen LogP contribution in [0.4, 0.5) is 0 Å². The Morgan fingerprint density at radius 1 is 1.18 bits per heavy atom. The summed E-state index contributed by atoms with van der Waals surface area (Å²) >= 11 is 7.50. The van der Waals surface area contributed by atoms with Crippen LogP contribution in [0.3, 0.4) is 0 Å². The van der Waals surface area contributed by atoms with Gasteiger partial charge in [0, 0.05) is 10.4 Å². The molecule has 28 heavy (non-hydrogen) atoms. The van der Waals surface area contributed by atoms with Gasteiger partial charge >= 0.3 is 0 Å². The van der Waals surface area contributed by atoms with Crippen LogP contribution in [-0.2, 0) is 6.54 Å². The molecule has 0 aliphatic rings. The van der Waals surface area contributed by atoms with Crippen LogP contribution >= 0.6 is 22.9 Å². The van der Waals surface area contributed by atoms with Gasteiger partial charge in [-0.25, -0.2) is 9.97 Å². The van der Waals surface area contributed by atoms with Gasteiger partial charge in [-0.1, -0.05) is 17.7 Å². The average Bonchev–Trinajstić information content (AvgIpc) is 3.18. The molecule has 0 unspecified atom stereocenters. The van der Waals surface area contributed by atoms with Gasteiger partial charge < -0.3 is 9.47 Å². The maximum Gasteiger partial charge on any atom is 0.261 e. The summed E-state index contributed by atoms with van der Waals surface area (Å²) in [6.45, 7) is 0.317. The van der Waals surface area contributed by atoms with E-state index >= 15 is 0 Å². The van der Waals surface area contributed by atoms with Gasteiger partial charge in [-0.15, -0.1) is 11.3 Å². The second-order valence-corrected chi connectivity index (χ2v) is 7.32. The molecule has 2 aromatic heterocycles. The van der Waals surface area contributed by atoms with E-state index in [-0.39, 0.29) is 5.56 Å². The third-order valence-electron chi connectivity index (χ3n) is 4.30. The molecule has 0 spiro atoms. The van der Waals surface area contributed by atoms with Crippen LogP contribution in [0, 0.1) is 0 Å². The second kappa shape index (κ2) is 7.61. The number of hydrogen-bond acceptors (Lipinski definition) is 6. The van der Waals surface area contributed by atoms with Crippen molar-refractivity contribution in [2.75, 3.05) is 14.2 Å². The lowest BCUT2D eigenvalue weighted by Crippen LogP contribution is -2.21. The minimum absolute atomic E-state index is 0.152. The second-order valence-electron chi connectivity index (χ2n) is 6.02. The lowest BCUT2D eigenvalue weighted by atomic mass is 10.2. The molecular formula is C20H16ClN3O3S. The Kier molecular flexibility index (Phi) is 5.02. The molecule has 4 rings (SSSR count). The molecule has 8 heteroatoms. The fourth-order valence-electron chi connectivity index (χ4n) is 2.98. The number of halogens is 1. The summed E-state index contributed by atoms with van der Waals surface area (Å²) < 4.78 is 12.4. The molecule has 0 aliphatic carbocycles. The van der Waals surface area contributed by atoms with Crippen molar-refractivity contribution in [3.05, 3.63) is 69.2 Å². The highest BCUT2D eigenvalue weighted by atomic mass is 35.5. The normalized spacial score (nSPS) is 11.0. The molecule has 0 N–H and O–H groups in total. The highest BCUT2D eigenvalue weighted by Crippen LogP contribution is 2.39. The van der Waals surface area contributed by atoms with E-state index < -0.39 is 0 Å². The van der Waals surface area contributed by atoms with Crippen LogP contribution in [-0.4, -0.2) is 28.8 Å². The van der Waals surface area contributed by atoms with Crippen LogP contribution in [0.1, 0.15) is 5.69 Å². The fraction of sp³-hybridized carbons (Fsp3) is 0.150. The Bertz CT molecular complexity index is 1220. The third kappa shape index (κ3) is 3.34. The first-order valence-electron chi connectivity index (χ1n) is 8.41. The van der Waals surface area contributed by atoms with Crippen molar-refractivity contribution in [2.45, 2.75) is 6.54 Å².